The Morgan fingerprint density at radius 3 is 2.50 bits per heavy atom. The molecule has 1 fully saturated rings. The summed E-state index contributed by atoms with van der Waals surface area (Å²) in [6.45, 7) is 0. The fraction of sp³-hybridized carbons (Fsp3) is 0.296. The lowest BCUT2D eigenvalue weighted by atomic mass is 10.0. The third-order valence-corrected chi connectivity index (χ3v) is 6.93. The van der Waals surface area contributed by atoms with Crippen molar-refractivity contribution in [2.24, 2.45) is 5.73 Å². The minimum Gasteiger partial charge on any atom is -0.366 e. The number of alkyl halides is 3. The van der Waals surface area contributed by atoms with Crippen molar-refractivity contribution < 1.29 is 27.0 Å². The molecule has 1 aliphatic carbocycles. The van der Waals surface area contributed by atoms with Crippen LogP contribution in [0.2, 0.25) is 10.0 Å². The van der Waals surface area contributed by atoms with E-state index in [9.17, 15) is 18.0 Å². The van der Waals surface area contributed by atoms with Crippen molar-refractivity contribution in [2.45, 2.75) is 50.6 Å². The largest absolute Gasteiger partial charge is 0.416 e. The fourth-order valence-electron chi connectivity index (χ4n) is 4.20. The van der Waals surface area contributed by atoms with Crippen LogP contribution in [-0.2, 0) is 12.6 Å². The summed E-state index contributed by atoms with van der Waals surface area (Å²) in [6, 6.07) is 2.75. The minimum atomic E-state index is -4.66. The maximum absolute atomic E-state index is 13.3. The van der Waals surface area contributed by atoms with E-state index in [4.69, 9.17) is 38.0 Å². The Bertz CT molecular complexity index is 1560. The standard InChI is InChI=1S/C27H22Cl2F3N5O3/c28-19-12-34-13-20(29)22(19)23-18(24(40-36-23)14-7-8-14)5-3-1-2-4-6-21-35-26(37-39-21)16-9-15(25(33)38)10-17(11-16)27(30,31)32/h3,5,9-14H,1-2,4,6-8H2,(H2,33,38)/b5-3+. The Kier molecular flexibility index (Phi) is 7.95. The molecule has 13 heteroatoms. The minimum absolute atomic E-state index is 0.00745. The molecule has 0 unspecified atom stereocenters. The molecule has 1 saturated carbocycles. The average Bonchev–Trinajstić information content (AvgIpc) is 3.49. The second-order valence-corrected chi connectivity index (χ2v) is 10.2. The first-order chi connectivity index (χ1) is 19.1. The Morgan fingerprint density at radius 2 is 1.82 bits per heavy atom. The molecule has 1 aromatic carbocycles. The van der Waals surface area contributed by atoms with Gasteiger partial charge in [0.1, 0.15) is 11.5 Å². The van der Waals surface area contributed by atoms with Crippen LogP contribution < -0.4 is 5.73 Å². The highest BCUT2D eigenvalue weighted by Crippen LogP contribution is 2.46. The Balaban J connectivity index is 1.22. The van der Waals surface area contributed by atoms with Crippen LogP contribution >= 0.6 is 23.2 Å². The van der Waals surface area contributed by atoms with Crippen LogP contribution in [0.4, 0.5) is 13.2 Å². The highest BCUT2D eigenvalue weighted by atomic mass is 35.5. The molecule has 0 atom stereocenters. The molecular weight excluding hydrogens is 570 g/mol. The van der Waals surface area contributed by atoms with Gasteiger partial charge in [-0.15, -0.1) is 0 Å². The van der Waals surface area contributed by atoms with Crippen LogP contribution in [0.25, 0.3) is 28.7 Å². The van der Waals surface area contributed by atoms with Crippen LogP contribution in [0.1, 0.15) is 71.2 Å². The molecule has 4 aromatic rings. The smallest absolute Gasteiger partial charge is 0.366 e. The topological polar surface area (TPSA) is 121 Å². The van der Waals surface area contributed by atoms with Gasteiger partial charge in [0.25, 0.3) is 0 Å². The van der Waals surface area contributed by atoms with Gasteiger partial charge in [0.05, 0.1) is 15.6 Å². The molecule has 1 aliphatic rings. The van der Waals surface area contributed by atoms with E-state index in [2.05, 4.69) is 20.3 Å². The molecule has 0 saturated heterocycles. The summed E-state index contributed by atoms with van der Waals surface area (Å²) < 4.78 is 50.6. The van der Waals surface area contributed by atoms with Crippen molar-refractivity contribution in [3.05, 3.63) is 75.1 Å². The first kappa shape index (κ1) is 27.9. The zero-order valence-corrected chi connectivity index (χ0v) is 22.4. The van der Waals surface area contributed by atoms with Crippen molar-refractivity contribution in [2.75, 3.05) is 0 Å². The van der Waals surface area contributed by atoms with Gasteiger partial charge in [0.15, 0.2) is 0 Å². The summed E-state index contributed by atoms with van der Waals surface area (Å²) in [5.74, 6) is 0.366. The predicted molar refractivity (Wildman–Crippen MR) is 142 cm³/mol. The van der Waals surface area contributed by atoms with E-state index in [1.807, 2.05) is 12.2 Å². The van der Waals surface area contributed by atoms with Gasteiger partial charge >= 0.3 is 6.18 Å². The number of halogens is 5. The van der Waals surface area contributed by atoms with Gasteiger partial charge in [-0.2, -0.15) is 18.2 Å². The van der Waals surface area contributed by atoms with E-state index in [1.54, 1.807) is 0 Å². The second kappa shape index (κ2) is 11.4. The van der Waals surface area contributed by atoms with Gasteiger partial charge in [-0.1, -0.05) is 45.7 Å². The van der Waals surface area contributed by atoms with Crippen molar-refractivity contribution in [3.63, 3.8) is 0 Å². The number of allylic oxidation sites excluding steroid dienone is 1. The molecule has 0 aliphatic heterocycles. The molecule has 0 radical (unpaired) electrons. The molecule has 0 bridgehead atoms. The highest BCUT2D eigenvalue weighted by Gasteiger charge is 2.33. The molecule has 40 heavy (non-hydrogen) atoms. The van der Waals surface area contributed by atoms with Crippen molar-refractivity contribution >= 4 is 35.2 Å². The highest BCUT2D eigenvalue weighted by molar-refractivity contribution is 6.39. The van der Waals surface area contributed by atoms with E-state index in [-0.39, 0.29) is 22.8 Å². The van der Waals surface area contributed by atoms with Crippen LogP contribution in [0.15, 0.2) is 45.7 Å². The number of aryl methyl sites for hydroxylation is 1. The SMILES string of the molecule is NC(=O)c1cc(-c2noc(CCCC/C=C/c3c(-c4c(Cl)cncc4Cl)noc3C3CC3)n2)cc(C(F)(F)F)c1. The lowest BCUT2D eigenvalue weighted by molar-refractivity contribution is -0.137. The Labute approximate surface area is 236 Å². The number of amides is 1. The fourth-order valence-corrected chi connectivity index (χ4v) is 4.75. The lowest BCUT2D eigenvalue weighted by Gasteiger charge is -2.09. The number of hydrogen-bond donors (Lipinski definition) is 1. The number of nitrogens with two attached hydrogens (primary N) is 1. The first-order valence-electron chi connectivity index (χ1n) is 12.4. The van der Waals surface area contributed by atoms with Crippen molar-refractivity contribution in [1.82, 2.24) is 20.3 Å². The zero-order chi connectivity index (χ0) is 28.4. The van der Waals surface area contributed by atoms with E-state index in [1.165, 1.54) is 18.5 Å². The number of benzene rings is 1. The van der Waals surface area contributed by atoms with Crippen molar-refractivity contribution in [3.8, 4) is 22.6 Å². The zero-order valence-electron chi connectivity index (χ0n) is 20.8. The number of carbonyl (C=O) groups excluding carboxylic acids is 1. The molecular formula is C27H22Cl2F3N5O3. The summed E-state index contributed by atoms with van der Waals surface area (Å²) in [7, 11) is 0. The van der Waals surface area contributed by atoms with Crippen LogP contribution in [0, 0.1) is 0 Å². The number of hydrogen-bond acceptors (Lipinski definition) is 7. The summed E-state index contributed by atoms with van der Waals surface area (Å²) in [5.41, 5.74) is 5.86. The number of primary amides is 1. The summed E-state index contributed by atoms with van der Waals surface area (Å²) in [4.78, 5) is 19.7. The number of nitrogens with zero attached hydrogens (tertiary/aromatic N) is 4. The van der Waals surface area contributed by atoms with Gasteiger partial charge in [0, 0.05) is 47.0 Å². The number of unbranched alkanes of at least 4 members (excludes halogenated alkanes) is 2. The summed E-state index contributed by atoms with van der Waals surface area (Å²) in [6.07, 6.45) is 7.01. The molecule has 0 spiro atoms. The molecule has 3 heterocycles. The third kappa shape index (κ3) is 6.20. The monoisotopic (exact) mass is 591 g/mol. The molecule has 3 aromatic heterocycles. The number of pyridine rings is 1. The van der Waals surface area contributed by atoms with Gasteiger partial charge < -0.3 is 14.8 Å². The number of aromatic nitrogens is 4. The first-order valence-corrected chi connectivity index (χ1v) is 13.2. The summed E-state index contributed by atoms with van der Waals surface area (Å²) in [5, 5.41) is 8.79. The maximum atomic E-state index is 13.3. The Hall–Kier alpha value is -3.70. The molecule has 208 valence electrons. The predicted octanol–water partition coefficient (Wildman–Crippen LogP) is 7.51. The normalized spacial score (nSPS) is 13.8. The molecule has 5 rings (SSSR count). The van der Waals surface area contributed by atoms with E-state index >= 15 is 0 Å². The molecule has 2 N–H and O–H groups in total. The number of rotatable bonds is 10. The van der Waals surface area contributed by atoms with Gasteiger partial charge in [-0.05, 0) is 50.3 Å². The molecule has 8 nitrogen and oxygen atoms in total. The summed E-state index contributed by atoms with van der Waals surface area (Å²) >= 11 is 12.7. The Morgan fingerprint density at radius 1 is 1.07 bits per heavy atom. The van der Waals surface area contributed by atoms with Gasteiger partial charge in [0.2, 0.25) is 17.6 Å². The van der Waals surface area contributed by atoms with Crippen LogP contribution in [0.3, 0.4) is 0 Å². The molecule has 1 amide bonds. The number of carbonyl (C=O) groups is 1. The van der Waals surface area contributed by atoms with Crippen LogP contribution in [0.5, 0.6) is 0 Å². The van der Waals surface area contributed by atoms with E-state index < -0.39 is 17.6 Å². The second-order valence-electron chi connectivity index (χ2n) is 9.38. The van der Waals surface area contributed by atoms with Gasteiger partial charge in [-0.3, -0.25) is 9.78 Å². The lowest BCUT2D eigenvalue weighted by Crippen LogP contribution is -2.14. The van der Waals surface area contributed by atoms with Gasteiger partial charge in [-0.25, -0.2) is 0 Å². The van der Waals surface area contributed by atoms with E-state index in [0.29, 0.717) is 46.1 Å². The van der Waals surface area contributed by atoms with Crippen molar-refractivity contribution in [1.29, 1.82) is 0 Å². The van der Waals surface area contributed by atoms with Crippen LogP contribution in [-0.4, -0.2) is 26.2 Å². The van der Waals surface area contributed by atoms with E-state index in [0.717, 1.165) is 43.1 Å². The quantitative estimate of drug-likeness (QED) is 0.189. The third-order valence-electron chi connectivity index (χ3n) is 6.36. The average molecular weight is 592 g/mol. The maximum Gasteiger partial charge on any atom is 0.416 e.